The predicted octanol–water partition coefficient (Wildman–Crippen LogP) is 3.52. The van der Waals surface area contributed by atoms with Crippen LogP contribution in [-0.2, 0) is 6.54 Å². The Labute approximate surface area is 117 Å². The van der Waals surface area contributed by atoms with Gasteiger partial charge in [-0.15, -0.1) is 0 Å². The Balaban J connectivity index is 2.04. The number of hydrogen-bond acceptors (Lipinski definition) is 4. The summed E-state index contributed by atoms with van der Waals surface area (Å²) in [6, 6.07) is 12.5. The summed E-state index contributed by atoms with van der Waals surface area (Å²) >= 11 is 0. The van der Waals surface area contributed by atoms with Gasteiger partial charge >= 0.3 is 0 Å². The van der Waals surface area contributed by atoms with Gasteiger partial charge in [-0.2, -0.15) is 0 Å². The van der Waals surface area contributed by atoms with E-state index >= 15 is 0 Å². The standard InChI is InChI=1S/C15H16N2O3/c1-11-9-14(17(18)19)6-3-12(11)10-16-13-4-7-15(20-2)8-5-13/h3-9,16H,10H2,1-2H3. The first-order chi connectivity index (χ1) is 9.60. The molecule has 2 aromatic rings. The highest BCUT2D eigenvalue weighted by Gasteiger charge is 2.07. The van der Waals surface area contributed by atoms with Crippen molar-refractivity contribution >= 4 is 11.4 Å². The first kappa shape index (κ1) is 13.9. The van der Waals surface area contributed by atoms with Gasteiger partial charge in [0.25, 0.3) is 5.69 Å². The number of benzene rings is 2. The zero-order chi connectivity index (χ0) is 14.5. The minimum absolute atomic E-state index is 0.121. The molecule has 2 rings (SSSR count). The van der Waals surface area contributed by atoms with E-state index < -0.39 is 0 Å². The molecule has 0 fully saturated rings. The van der Waals surface area contributed by atoms with Crippen LogP contribution in [-0.4, -0.2) is 12.0 Å². The van der Waals surface area contributed by atoms with Gasteiger partial charge in [0.1, 0.15) is 5.75 Å². The summed E-state index contributed by atoms with van der Waals surface area (Å²) in [7, 11) is 1.63. The smallest absolute Gasteiger partial charge is 0.269 e. The largest absolute Gasteiger partial charge is 0.497 e. The van der Waals surface area contributed by atoms with E-state index in [4.69, 9.17) is 4.74 Å². The van der Waals surface area contributed by atoms with E-state index in [-0.39, 0.29) is 10.6 Å². The van der Waals surface area contributed by atoms with Gasteiger partial charge in [0.05, 0.1) is 12.0 Å². The number of aryl methyl sites for hydroxylation is 1. The Morgan fingerprint density at radius 1 is 1.20 bits per heavy atom. The van der Waals surface area contributed by atoms with Crippen molar-refractivity contribution in [1.29, 1.82) is 0 Å². The van der Waals surface area contributed by atoms with Crippen LogP contribution in [0.2, 0.25) is 0 Å². The number of non-ortho nitro benzene ring substituents is 1. The van der Waals surface area contributed by atoms with E-state index in [1.807, 2.05) is 31.2 Å². The van der Waals surface area contributed by atoms with Crippen molar-refractivity contribution < 1.29 is 9.66 Å². The maximum atomic E-state index is 10.7. The number of methoxy groups -OCH3 is 1. The van der Waals surface area contributed by atoms with Gasteiger partial charge in [-0.25, -0.2) is 0 Å². The van der Waals surface area contributed by atoms with Crippen LogP contribution in [0.4, 0.5) is 11.4 Å². The molecule has 104 valence electrons. The number of nitrogens with zero attached hydrogens (tertiary/aromatic N) is 1. The number of nitro groups is 1. The van der Waals surface area contributed by atoms with E-state index in [9.17, 15) is 10.1 Å². The molecular weight excluding hydrogens is 256 g/mol. The van der Waals surface area contributed by atoms with Crippen molar-refractivity contribution in [2.75, 3.05) is 12.4 Å². The van der Waals surface area contributed by atoms with Crippen molar-refractivity contribution in [3.8, 4) is 5.75 Å². The monoisotopic (exact) mass is 272 g/mol. The summed E-state index contributed by atoms with van der Waals surface area (Å²) in [6.07, 6.45) is 0. The molecule has 0 aliphatic rings. The second-order valence-electron chi connectivity index (χ2n) is 4.45. The highest BCUT2D eigenvalue weighted by atomic mass is 16.6. The van der Waals surface area contributed by atoms with Crippen LogP contribution in [0.3, 0.4) is 0 Å². The molecule has 5 nitrogen and oxygen atoms in total. The average Bonchev–Trinajstić information content (AvgIpc) is 2.46. The maximum absolute atomic E-state index is 10.7. The van der Waals surface area contributed by atoms with E-state index in [2.05, 4.69) is 5.32 Å². The normalized spacial score (nSPS) is 10.1. The summed E-state index contributed by atoms with van der Waals surface area (Å²) in [6.45, 7) is 2.49. The molecule has 0 aromatic heterocycles. The molecule has 0 aliphatic heterocycles. The van der Waals surface area contributed by atoms with Gasteiger partial charge in [0.15, 0.2) is 0 Å². The van der Waals surface area contributed by atoms with Gasteiger partial charge in [0.2, 0.25) is 0 Å². The van der Waals surface area contributed by atoms with Crippen LogP contribution < -0.4 is 10.1 Å². The van der Waals surface area contributed by atoms with Crippen molar-refractivity contribution in [2.24, 2.45) is 0 Å². The summed E-state index contributed by atoms with van der Waals surface area (Å²) in [5, 5.41) is 14.0. The Kier molecular flexibility index (Phi) is 4.20. The molecule has 0 radical (unpaired) electrons. The Morgan fingerprint density at radius 2 is 1.90 bits per heavy atom. The highest BCUT2D eigenvalue weighted by Crippen LogP contribution is 2.19. The van der Waals surface area contributed by atoms with Crippen molar-refractivity contribution in [2.45, 2.75) is 13.5 Å². The van der Waals surface area contributed by atoms with E-state index in [0.717, 1.165) is 22.6 Å². The molecule has 20 heavy (non-hydrogen) atoms. The zero-order valence-electron chi connectivity index (χ0n) is 11.4. The molecule has 0 amide bonds. The van der Waals surface area contributed by atoms with Gasteiger partial charge in [-0.05, 0) is 42.3 Å². The summed E-state index contributed by atoms with van der Waals surface area (Å²) in [4.78, 5) is 10.3. The lowest BCUT2D eigenvalue weighted by molar-refractivity contribution is -0.384. The van der Waals surface area contributed by atoms with E-state index in [1.165, 1.54) is 6.07 Å². The minimum Gasteiger partial charge on any atom is -0.497 e. The van der Waals surface area contributed by atoms with Gasteiger partial charge in [0, 0.05) is 24.4 Å². The van der Waals surface area contributed by atoms with E-state index in [0.29, 0.717) is 6.54 Å². The Morgan fingerprint density at radius 3 is 2.45 bits per heavy atom. The van der Waals surface area contributed by atoms with Crippen molar-refractivity contribution in [3.05, 3.63) is 63.7 Å². The number of rotatable bonds is 5. The first-order valence-electron chi connectivity index (χ1n) is 6.22. The highest BCUT2D eigenvalue weighted by molar-refractivity contribution is 5.48. The second kappa shape index (κ2) is 6.06. The maximum Gasteiger partial charge on any atom is 0.269 e. The molecule has 0 bridgehead atoms. The third kappa shape index (κ3) is 3.26. The quantitative estimate of drug-likeness (QED) is 0.668. The minimum atomic E-state index is -0.381. The molecule has 5 heteroatoms. The third-order valence-corrected chi connectivity index (χ3v) is 3.11. The first-order valence-corrected chi connectivity index (χ1v) is 6.22. The van der Waals surface area contributed by atoms with Crippen LogP contribution in [0.5, 0.6) is 5.75 Å². The number of hydrogen-bond donors (Lipinski definition) is 1. The molecule has 0 saturated carbocycles. The Bertz CT molecular complexity index is 609. The average molecular weight is 272 g/mol. The van der Waals surface area contributed by atoms with Crippen LogP contribution in [0, 0.1) is 17.0 Å². The summed E-state index contributed by atoms with van der Waals surface area (Å²) in [5.74, 6) is 0.807. The fraction of sp³-hybridized carbons (Fsp3) is 0.200. The lowest BCUT2D eigenvalue weighted by atomic mass is 10.1. The SMILES string of the molecule is COc1ccc(NCc2ccc([N+](=O)[O-])cc2C)cc1. The lowest BCUT2D eigenvalue weighted by Gasteiger charge is -2.09. The van der Waals surface area contributed by atoms with Gasteiger partial charge < -0.3 is 10.1 Å². The van der Waals surface area contributed by atoms with Crippen LogP contribution in [0.25, 0.3) is 0 Å². The predicted molar refractivity (Wildman–Crippen MR) is 78.2 cm³/mol. The zero-order valence-corrected chi connectivity index (χ0v) is 11.4. The molecule has 0 atom stereocenters. The fourth-order valence-electron chi connectivity index (χ4n) is 1.90. The van der Waals surface area contributed by atoms with Crippen molar-refractivity contribution in [3.63, 3.8) is 0 Å². The second-order valence-corrected chi connectivity index (χ2v) is 4.45. The molecule has 1 N–H and O–H groups in total. The van der Waals surface area contributed by atoms with Gasteiger partial charge in [-0.3, -0.25) is 10.1 Å². The van der Waals surface area contributed by atoms with Crippen molar-refractivity contribution in [1.82, 2.24) is 0 Å². The molecule has 0 aliphatic carbocycles. The molecule has 0 saturated heterocycles. The topological polar surface area (TPSA) is 64.4 Å². The number of nitro benzene ring substituents is 1. The molecule has 2 aromatic carbocycles. The molecule has 0 spiro atoms. The fourth-order valence-corrected chi connectivity index (χ4v) is 1.90. The van der Waals surface area contributed by atoms with Gasteiger partial charge in [-0.1, -0.05) is 6.07 Å². The summed E-state index contributed by atoms with van der Waals surface area (Å²) in [5.41, 5.74) is 3.03. The molecule has 0 unspecified atom stereocenters. The Hall–Kier alpha value is -2.56. The number of ether oxygens (including phenoxy) is 1. The van der Waals surface area contributed by atoms with Crippen LogP contribution in [0.15, 0.2) is 42.5 Å². The van der Waals surface area contributed by atoms with E-state index in [1.54, 1.807) is 19.2 Å². The summed E-state index contributed by atoms with van der Waals surface area (Å²) < 4.78 is 5.10. The van der Waals surface area contributed by atoms with Crippen LogP contribution >= 0.6 is 0 Å². The molecule has 0 heterocycles. The third-order valence-electron chi connectivity index (χ3n) is 3.11. The number of anilines is 1. The van der Waals surface area contributed by atoms with Crippen LogP contribution in [0.1, 0.15) is 11.1 Å². The number of nitrogens with one attached hydrogen (secondary N) is 1. The lowest BCUT2D eigenvalue weighted by Crippen LogP contribution is -2.02. The molecular formula is C15H16N2O3.